The second-order valence-corrected chi connectivity index (χ2v) is 4.73. The van der Waals surface area contributed by atoms with Crippen LogP contribution in [-0.4, -0.2) is 36.2 Å². The van der Waals surface area contributed by atoms with Gasteiger partial charge >= 0.3 is 0 Å². The second kappa shape index (κ2) is 7.47. The van der Waals surface area contributed by atoms with Gasteiger partial charge in [-0.1, -0.05) is 20.3 Å². The van der Waals surface area contributed by atoms with Gasteiger partial charge in [0.1, 0.15) is 0 Å². The van der Waals surface area contributed by atoms with Gasteiger partial charge in [-0.3, -0.25) is 4.21 Å². The predicted octanol–water partition coefficient (Wildman–Crippen LogP) is 1.40. The minimum Gasteiger partial charge on any atom is -0.355 e. The van der Waals surface area contributed by atoms with Crippen LogP contribution >= 0.6 is 0 Å². The van der Waals surface area contributed by atoms with Crippen molar-refractivity contribution in [3.63, 3.8) is 0 Å². The van der Waals surface area contributed by atoms with Crippen LogP contribution in [0.15, 0.2) is 0 Å². The molecule has 4 heteroatoms. The average molecular weight is 208 g/mol. The van der Waals surface area contributed by atoms with Crippen molar-refractivity contribution in [2.24, 2.45) is 5.92 Å². The molecule has 0 bridgehead atoms. The summed E-state index contributed by atoms with van der Waals surface area (Å²) in [5, 5.41) is 0. The van der Waals surface area contributed by atoms with Gasteiger partial charge < -0.3 is 9.47 Å². The van der Waals surface area contributed by atoms with Gasteiger partial charge in [-0.15, -0.1) is 0 Å². The highest BCUT2D eigenvalue weighted by atomic mass is 32.2. The van der Waals surface area contributed by atoms with E-state index < -0.39 is 10.8 Å². The summed E-state index contributed by atoms with van der Waals surface area (Å²) >= 11 is 0. The second-order valence-electron chi connectivity index (χ2n) is 3.19. The highest BCUT2D eigenvalue weighted by Crippen LogP contribution is 2.05. The van der Waals surface area contributed by atoms with Crippen LogP contribution in [0.1, 0.15) is 20.3 Å². The topological polar surface area (TPSA) is 35.5 Å². The van der Waals surface area contributed by atoms with Crippen molar-refractivity contribution in [2.75, 3.05) is 25.7 Å². The molecule has 0 saturated heterocycles. The maximum Gasteiger partial charge on any atom is 0.168 e. The quantitative estimate of drug-likeness (QED) is 0.593. The summed E-state index contributed by atoms with van der Waals surface area (Å²) in [6.07, 6.45) is 0.737. The Balaban J connectivity index is 3.72. The van der Waals surface area contributed by atoms with Crippen LogP contribution in [0.2, 0.25) is 0 Å². The first kappa shape index (κ1) is 13.1. The van der Waals surface area contributed by atoms with Gasteiger partial charge in [-0.2, -0.15) is 0 Å². The SMILES string of the molecule is CCC(C)CS(=O)CC(OC)OC. The molecule has 0 spiro atoms. The molecule has 80 valence electrons. The minimum absolute atomic E-state index is 0.329. The molecule has 0 aromatic carbocycles. The summed E-state index contributed by atoms with van der Waals surface area (Å²) in [6.45, 7) is 4.21. The molecule has 0 rings (SSSR count). The Morgan fingerprint density at radius 3 is 2.15 bits per heavy atom. The van der Waals surface area contributed by atoms with Gasteiger partial charge in [0.15, 0.2) is 6.29 Å². The average Bonchev–Trinajstić information content (AvgIpc) is 2.13. The molecule has 0 heterocycles. The number of methoxy groups -OCH3 is 2. The lowest BCUT2D eigenvalue weighted by atomic mass is 10.2. The molecule has 0 aliphatic heterocycles. The van der Waals surface area contributed by atoms with E-state index in [1.165, 1.54) is 0 Å². The zero-order valence-corrected chi connectivity index (χ0v) is 9.73. The van der Waals surface area contributed by atoms with E-state index in [9.17, 15) is 4.21 Å². The molecule has 0 amide bonds. The molecular weight excluding hydrogens is 188 g/mol. The summed E-state index contributed by atoms with van der Waals surface area (Å²) in [5.74, 6) is 1.71. The van der Waals surface area contributed by atoms with Gasteiger partial charge in [0.2, 0.25) is 0 Å². The largest absolute Gasteiger partial charge is 0.355 e. The third kappa shape index (κ3) is 6.18. The summed E-state index contributed by atoms with van der Waals surface area (Å²) in [7, 11) is 2.30. The third-order valence-electron chi connectivity index (χ3n) is 2.02. The summed E-state index contributed by atoms with van der Waals surface area (Å²) < 4.78 is 21.4. The van der Waals surface area contributed by atoms with Crippen molar-refractivity contribution in [3.8, 4) is 0 Å². The van der Waals surface area contributed by atoms with E-state index in [0.717, 1.165) is 12.2 Å². The fourth-order valence-electron chi connectivity index (χ4n) is 0.887. The summed E-state index contributed by atoms with van der Waals surface area (Å²) in [5.41, 5.74) is 0. The minimum atomic E-state index is -0.830. The molecule has 0 aromatic heterocycles. The smallest absolute Gasteiger partial charge is 0.168 e. The van der Waals surface area contributed by atoms with Crippen molar-refractivity contribution in [3.05, 3.63) is 0 Å². The molecule has 0 fully saturated rings. The van der Waals surface area contributed by atoms with Gasteiger partial charge in [0.25, 0.3) is 0 Å². The summed E-state index contributed by atoms with van der Waals surface area (Å²) in [4.78, 5) is 0. The molecule has 0 N–H and O–H groups in total. The zero-order valence-electron chi connectivity index (χ0n) is 8.91. The van der Waals surface area contributed by atoms with Crippen LogP contribution in [0.3, 0.4) is 0 Å². The lowest BCUT2D eigenvalue weighted by molar-refractivity contribution is -0.0847. The van der Waals surface area contributed by atoms with Crippen LogP contribution in [0.4, 0.5) is 0 Å². The Morgan fingerprint density at radius 2 is 1.77 bits per heavy atom. The Kier molecular flexibility index (Phi) is 7.51. The van der Waals surface area contributed by atoms with Gasteiger partial charge in [-0.05, 0) is 5.92 Å². The Hall–Kier alpha value is 0.0700. The summed E-state index contributed by atoms with van der Waals surface area (Å²) in [6, 6.07) is 0. The van der Waals surface area contributed by atoms with Crippen molar-refractivity contribution >= 4 is 10.8 Å². The molecule has 0 radical (unpaired) electrons. The normalized spacial score (nSPS) is 16.1. The van der Waals surface area contributed by atoms with E-state index in [1.807, 2.05) is 0 Å². The maximum atomic E-state index is 11.5. The molecule has 2 unspecified atom stereocenters. The Morgan fingerprint density at radius 1 is 1.23 bits per heavy atom. The monoisotopic (exact) mass is 208 g/mol. The van der Waals surface area contributed by atoms with Crippen LogP contribution in [0, 0.1) is 5.92 Å². The lowest BCUT2D eigenvalue weighted by Gasteiger charge is -2.14. The van der Waals surface area contributed by atoms with Crippen molar-refractivity contribution in [2.45, 2.75) is 26.6 Å². The molecule has 0 saturated carbocycles. The van der Waals surface area contributed by atoms with Crippen LogP contribution in [-0.2, 0) is 20.3 Å². The van der Waals surface area contributed by atoms with E-state index in [0.29, 0.717) is 11.7 Å². The molecule has 0 aliphatic carbocycles. The Bertz CT molecular complexity index is 146. The van der Waals surface area contributed by atoms with E-state index in [1.54, 1.807) is 14.2 Å². The first-order valence-corrected chi connectivity index (χ1v) is 6.03. The van der Waals surface area contributed by atoms with Crippen LogP contribution in [0.5, 0.6) is 0 Å². The first-order chi connectivity index (χ1) is 6.13. The number of hydrogen-bond donors (Lipinski definition) is 0. The molecule has 3 nitrogen and oxygen atoms in total. The van der Waals surface area contributed by atoms with Gasteiger partial charge in [0.05, 0.1) is 5.75 Å². The molecule has 0 aliphatic rings. The zero-order chi connectivity index (χ0) is 10.3. The molecule has 2 atom stereocenters. The third-order valence-corrected chi connectivity index (χ3v) is 3.60. The molecule has 13 heavy (non-hydrogen) atoms. The van der Waals surface area contributed by atoms with Crippen LogP contribution in [0.25, 0.3) is 0 Å². The predicted molar refractivity (Wildman–Crippen MR) is 55.1 cm³/mol. The Labute approximate surface area is 83.3 Å². The highest BCUT2D eigenvalue weighted by molar-refractivity contribution is 7.85. The van der Waals surface area contributed by atoms with Crippen LogP contribution < -0.4 is 0 Å². The van der Waals surface area contributed by atoms with Crippen molar-refractivity contribution < 1.29 is 13.7 Å². The van der Waals surface area contributed by atoms with Crippen molar-refractivity contribution in [1.29, 1.82) is 0 Å². The standard InChI is InChI=1S/C9H20O3S/c1-5-8(2)6-13(10)7-9(11-3)12-4/h8-9H,5-7H2,1-4H3. The highest BCUT2D eigenvalue weighted by Gasteiger charge is 2.12. The number of rotatable bonds is 7. The molecule has 0 aromatic rings. The van der Waals surface area contributed by atoms with E-state index >= 15 is 0 Å². The lowest BCUT2D eigenvalue weighted by Crippen LogP contribution is -2.24. The maximum absolute atomic E-state index is 11.5. The fraction of sp³-hybridized carbons (Fsp3) is 1.00. The van der Waals surface area contributed by atoms with Gasteiger partial charge in [0, 0.05) is 30.8 Å². The van der Waals surface area contributed by atoms with E-state index in [2.05, 4.69) is 13.8 Å². The first-order valence-electron chi connectivity index (χ1n) is 4.54. The fourth-order valence-corrected chi connectivity index (χ4v) is 2.47. The van der Waals surface area contributed by atoms with E-state index in [4.69, 9.17) is 9.47 Å². The van der Waals surface area contributed by atoms with E-state index in [-0.39, 0.29) is 6.29 Å². The van der Waals surface area contributed by atoms with Gasteiger partial charge in [-0.25, -0.2) is 0 Å². The number of ether oxygens (including phenoxy) is 2. The number of hydrogen-bond acceptors (Lipinski definition) is 3. The molecular formula is C9H20O3S. The van der Waals surface area contributed by atoms with Crippen molar-refractivity contribution in [1.82, 2.24) is 0 Å².